The van der Waals surface area contributed by atoms with Gasteiger partial charge in [-0.1, -0.05) is 45.0 Å². The van der Waals surface area contributed by atoms with E-state index in [0.29, 0.717) is 24.8 Å². The van der Waals surface area contributed by atoms with Gasteiger partial charge in [0.25, 0.3) is 0 Å². The number of amides is 2. The van der Waals surface area contributed by atoms with Gasteiger partial charge in [0.2, 0.25) is 11.8 Å². The number of fused-ring (bicyclic) bond motifs is 2. The number of carbonyl (C=O) groups is 2. The quantitative estimate of drug-likeness (QED) is 0.625. The maximum Gasteiger partial charge on any atom is 0.222 e. The van der Waals surface area contributed by atoms with Crippen molar-refractivity contribution in [3.63, 3.8) is 0 Å². The molecule has 4 rings (SSSR count). The number of hydrogen-bond acceptors (Lipinski definition) is 3. The van der Waals surface area contributed by atoms with Gasteiger partial charge in [0.15, 0.2) is 0 Å². The molecule has 5 heteroatoms. The molecule has 1 spiro atoms. The third-order valence-corrected chi connectivity index (χ3v) is 8.15. The lowest BCUT2D eigenvalue weighted by molar-refractivity contribution is -0.128. The molecule has 0 unspecified atom stereocenters. The molecule has 2 fully saturated rings. The van der Waals surface area contributed by atoms with Gasteiger partial charge in [0.1, 0.15) is 0 Å². The van der Waals surface area contributed by atoms with E-state index in [1.807, 2.05) is 4.90 Å². The minimum Gasteiger partial charge on any atom is -0.349 e. The summed E-state index contributed by atoms with van der Waals surface area (Å²) in [5.74, 6) is 0.362. The summed E-state index contributed by atoms with van der Waals surface area (Å²) in [6.45, 7) is 12.1. The van der Waals surface area contributed by atoms with Crippen LogP contribution in [0.4, 0.5) is 0 Å². The fourth-order valence-corrected chi connectivity index (χ4v) is 6.00. The average Bonchev–Trinajstić information content (AvgIpc) is 3.20. The highest BCUT2D eigenvalue weighted by molar-refractivity contribution is 5.78. The van der Waals surface area contributed by atoms with Crippen molar-refractivity contribution in [1.82, 2.24) is 15.1 Å². The van der Waals surface area contributed by atoms with Crippen LogP contribution in [0.2, 0.25) is 0 Å². The van der Waals surface area contributed by atoms with Crippen LogP contribution >= 0.6 is 0 Å². The zero-order valence-electron chi connectivity index (χ0n) is 21.0. The molecule has 0 aromatic heterocycles. The second kappa shape index (κ2) is 10.2. The molecule has 0 radical (unpaired) electrons. The van der Waals surface area contributed by atoms with E-state index in [-0.39, 0.29) is 24.7 Å². The highest BCUT2D eigenvalue weighted by atomic mass is 16.2. The molecule has 1 aliphatic carbocycles. The van der Waals surface area contributed by atoms with Gasteiger partial charge in [-0.3, -0.25) is 9.59 Å². The fourth-order valence-electron chi connectivity index (χ4n) is 6.00. The van der Waals surface area contributed by atoms with E-state index in [2.05, 4.69) is 55.3 Å². The molecule has 1 aromatic rings. The smallest absolute Gasteiger partial charge is 0.222 e. The van der Waals surface area contributed by atoms with E-state index >= 15 is 0 Å². The number of hydrogen-bond donors (Lipinski definition) is 1. The number of piperidine rings is 1. The van der Waals surface area contributed by atoms with Crippen LogP contribution in [0.15, 0.2) is 24.3 Å². The molecule has 3 aliphatic rings. The van der Waals surface area contributed by atoms with Crippen molar-refractivity contribution in [2.75, 3.05) is 32.7 Å². The zero-order valence-corrected chi connectivity index (χ0v) is 21.0. The first kappa shape index (κ1) is 24.3. The van der Waals surface area contributed by atoms with E-state index in [9.17, 15) is 9.59 Å². The Balaban J connectivity index is 0.00000324. The SMILES string of the molecule is CC(C)(C)CCN1CCC2(CC[C@H](NC(=O)CCCN3CCCC3=O)c3ccccc32)CC1.[HH]. The Morgan fingerprint density at radius 3 is 2.58 bits per heavy atom. The first-order valence-electron chi connectivity index (χ1n) is 13.1. The second-order valence-corrected chi connectivity index (χ2v) is 11.8. The van der Waals surface area contributed by atoms with Crippen molar-refractivity contribution in [2.24, 2.45) is 5.41 Å². The largest absolute Gasteiger partial charge is 0.349 e. The van der Waals surface area contributed by atoms with Crippen LogP contribution in [0.5, 0.6) is 0 Å². The molecular formula is C28H45N3O2. The van der Waals surface area contributed by atoms with Gasteiger partial charge in [0, 0.05) is 27.4 Å². The zero-order chi connectivity index (χ0) is 23.5. The van der Waals surface area contributed by atoms with Gasteiger partial charge in [-0.15, -0.1) is 0 Å². The highest BCUT2D eigenvalue weighted by Gasteiger charge is 2.42. The van der Waals surface area contributed by atoms with Crippen LogP contribution < -0.4 is 5.32 Å². The third kappa shape index (κ3) is 5.98. The van der Waals surface area contributed by atoms with E-state index < -0.39 is 0 Å². The number of nitrogens with one attached hydrogen (secondary N) is 1. The molecular weight excluding hydrogens is 410 g/mol. The predicted molar refractivity (Wildman–Crippen MR) is 135 cm³/mol. The van der Waals surface area contributed by atoms with E-state index in [1.54, 1.807) is 0 Å². The van der Waals surface area contributed by atoms with Crippen LogP contribution in [0, 0.1) is 5.41 Å². The third-order valence-electron chi connectivity index (χ3n) is 8.15. The van der Waals surface area contributed by atoms with Crippen molar-refractivity contribution in [1.29, 1.82) is 0 Å². The van der Waals surface area contributed by atoms with Crippen molar-refractivity contribution in [3.05, 3.63) is 35.4 Å². The van der Waals surface area contributed by atoms with Crippen molar-refractivity contribution in [2.45, 2.75) is 90.0 Å². The molecule has 1 atom stereocenters. The molecule has 184 valence electrons. The van der Waals surface area contributed by atoms with Gasteiger partial charge in [0.05, 0.1) is 6.04 Å². The second-order valence-electron chi connectivity index (χ2n) is 11.8. The number of carbonyl (C=O) groups excluding carboxylic acids is 2. The van der Waals surface area contributed by atoms with Crippen molar-refractivity contribution in [3.8, 4) is 0 Å². The van der Waals surface area contributed by atoms with E-state index in [1.165, 1.54) is 50.0 Å². The molecule has 2 aliphatic heterocycles. The summed E-state index contributed by atoms with van der Waals surface area (Å²) in [7, 11) is 0. The maximum atomic E-state index is 12.7. The van der Waals surface area contributed by atoms with Crippen molar-refractivity contribution >= 4 is 11.8 Å². The molecule has 0 bridgehead atoms. The summed E-state index contributed by atoms with van der Waals surface area (Å²) in [5, 5.41) is 3.33. The van der Waals surface area contributed by atoms with Gasteiger partial charge < -0.3 is 15.1 Å². The summed E-state index contributed by atoms with van der Waals surface area (Å²) in [4.78, 5) is 29.0. The van der Waals surface area contributed by atoms with Gasteiger partial charge >= 0.3 is 0 Å². The normalized spacial score (nSPS) is 23.1. The molecule has 0 saturated carbocycles. The first-order valence-corrected chi connectivity index (χ1v) is 13.1. The minimum absolute atomic E-state index is 0. The number of nitrogens with zero attached hydrogens (tertiary/aromatic N) is 2. The Morgan fingerprint density at radius 2 is 1.88 bits per heavy atom. The first-order chi connectivity index (χ1) is 15.8. The average molecular weight is 456 g/mol. The Bertz CT molecular complexity index is 842. The molecule has 2 heterocycles. The van der Waals surface area contributed by atoms with Crippen molar-refractivity contribution < 1.29 is 11.0 Å². The van der Waals surface area contributed by atoms with Crippen LogP contribution in [0.25, 0.3) is 0 Å². The summed E-state index contributed by atoms with van der Waals surface area (Å²) in [5.41, 5.74) is 3.46. The van der Waals surface area contributed by atoms with Gasteiger partial charge in [-0.25, -0.2) is 0 Å². The summed E-state index contributed by atoms with van der Waals surface area (Å²) >= 11 is 0. The fraction of sp³-hybridized carbons (Fsp3) is 0.714. The topological polar surface area (TPSA) is 52.7 Å². The maximum absolute atomic E-state index is 12.7. The molecule has 1 N–H and O–H groups in total. The van der Waals surface area contributed by atoms with Crippen LogP contribution in [-0.4, -0.2) is 54.3 Å². The molecule has 2 amide bonds. The Labute approximate surface area is 201 Å². The highest BCUT2D eigenvalue weighted by Crippen LogP contribution is 2.48. The van der Waals surface area contributed by atoms with Crippen LogP contribution in [-0.2, 0) is 15.0 Å². The number of rotatable bonds is 7. The van der Waals surface area contributed by atoms with E-state index in [4.69, 9.17) is 0 Å². The summed E-state index contributed by atoms with van der Waals surface area (Å²) in [6.07, 6.45) is 8.74. The molecule has 2 saturated heterocycles. The van der Waals surface area contributed by atoms with Crippen LogP contribution in [0.3, 0.4) is 0 Å². The summed E-state index contributed by atoms with van der Waals surface area (Å²) in [6, 6.07) is 8.96. The van der Waals surface area contributed by atoms with Gasteiger partial charge in [-0.2, -0.15) is 0 Å². The number of likely N-dealkylation sites (tertiary alicyclic amines) is 2. The van der Waals surface area contributed by atoms with E-state index in [0.717, 1.165) is 32.2 Å². The number of benzene rings is 1. The lowest BCUT2D eigenvalue weighted by Gasteiger charge is -2.47. The monoisotopic (exact) mass is 455 g/mol. The lowest BCUT2D eigenvalue weighted by Crippen LogP contribution is -2.46. The Kier molecular flexibility index (Phi) is 7.47. The van der Waals surface area contributed by atoms with Crippen LogP contribution in [0.1, 0.15) is 97.2 Å². The predicted octanol–water partition coefficient (Wildman–Crippen LogP) is 5.06. The molecule has 33 heavy (non-hydrogen) atoms. The minimum atomic E-state index is 0. The van der Waals surface area contributed by atoms with Gasteiger partial charge in [-0.05, 0) is 86.5 Å². The Morgan fingerprint density at radius 1 is 1.12 bits per heavy atom. The lowest BCUT2D eigenvalue weighted by atomic mass is 9.63. The standard InChI is InChI=1S/C28H43N3O2.H2/c1-27(2,3)14-19-30-20-15-28(16-21-30)13-12-24(22-8-4-5-9-23(22)28)29-25(32)10-6-17-31-18-7-11-26(31)33;/h4-5,8-9,24H,6-7,10-21H2,1-3H3,(H,29,32);1H/t24-;/m0./s1. The molecule has 1 aromatic carbocycles. The summed E-state index contributed by atoms with van der Waals surface area (Å²) < 4.78 is 0. The Hall–Kier alpha value is -1.88. The molecule has 5 nitrogen and oxygen atoms in total.